The van der Waals surface area contributed by atoms with Crippen LogP contribution in [0.1, 0.15) is 48.5 Å². The van der Waals surface area contributed by atoms with Gasteiger partial charge in [-0.05, 0) is 5.41 Å². The molecule has 0 aliphatic heterocycles. The highest BCUT2D eigenvalue weighted by Crippen LogP contribution is 2.40. The fourth-order valence-corrected chi connectivity index (χ4v) is 1.09. The Kier molecular flexibility index (Phi) is 3.11. The summed E-state index contributed by atoms with van der Waals surface area (Å²) in [6, 6.07) is 0. The molecule has 0 saturated carbocycles. The number of carbonyl (C=O) groups excluding carboxylic acids is 1. The largest absolute Gasteiger partial charge is 0.299 e. The molecular formula is C11H22O. The van der Waals surface area contributed by atoms with Crippen molar-refractivity contribution < 1.29 is 4.79 Å². The van der Waals surface area contributed by atoms with Crippen LogP contribution in [-0.4, -0.2) is 5.78 Å². The van der Waals surface area contributed by atoms with Gasteiger partial charge in [-0.3, -0.25) is 4.79 Å². The van der Waals surface area contributed by atoms with E-state index in [2.05, 4.69) is 20.8 Å². The average molecular weight is 170 g/mol. The third-order valence-electron chi connectivity index (χ3n) is 3.02. The summed E-state index contributed by atoms with van der Waals surface area (Å²) < 4.78 is 0. The highest BCUT2D eigenvalue weighted by atomic mass is 16.1. The van der Waals surface area contributed by atoms with Gasteiger partial charge >= 0.3 is 0 Å². The summed E-state index contributed by atoms with van der Waals surface area (Å²) in [6.07, 6.45) is 0. The third-order valence-corrected chi connectivity index (χ3v) is 3.02. The van der Waals surface area contributed by atoms with Crippen LogP contribution in [0.5, 0.6) is 0 Å². The maximum absolute atomic E-state index is 11.8. The molecule has 0 aromatic carbocycles. The van der Waals surface area contributed by atoms with Crippen LogP contribution in [0.15, 0.2) is 0 Å². The molecule has 1 nitrogen and oxygen atoms in total. The molecule has 0 radical (unpaired) electrons. The van der Waals surface area contributed by atoms with E-state index >= 15 is 0 Å². The predicted molar refractivity (Wildman–Crippen MR) is 53.1 cm³/mol. The molecule has 0 atom stereocenters. The predicted octanol–water partition coefficient (Wildman–Crippen LogP) is 3.28. The van der Waals surface area contributed by atoms with Crippen molar-refractivity contribution in [2.24, 2.45) is 16.7 Å². The van der Waals surface area contributed by atoms with Crippen molar-refractivity contribution in [3.63, 3.8) is 0 Å². The summed E-state index contributed by atoms with van der Waals surface area (Å²) in [4.78, 5) is 11.8. The first kappa shape index (κ1) is 11.7. The first-order chi connectivity index (χ1) is 5.10. The Morgan fingerprint density at radius 2 is 1.33 bits per heavy atom. The Labute approximate surface area is 76.6 Å². The van der Waals surface area contributed by atoms with Gasteiger partial charge in [0, 0.05) is 11.3 Å². The van der Waals surface area contributed by atoms with Gasteiger partial charge in [-0.25, -0.2) is 0 Å². The lowest BCUT2D eigenvalue weighted by atomic mass is 9.65. The Morgan fingerprint density at radius 1 is 1.00 bits per heavy atom. The van der Waals surface area contributed by atoms with E-state index in [0.717, 1.165) is 0 Å². The smallest absolute Gasteiger partial charge is 0.141 e. The second-order valence-electron chi connectivity index (χ2n) is 5.39. The quantitative estimate of drug-likeness (QED) is 0.621. The topological polar surface area (TPSA) is 17.1 Å². The van der Waals surface area contributed by atoms with E-state index in [1.165, 1.54) is 0 Å². The Bertz CT molecular complexity index is 170. The lowest BCUT2D eigenvalue weighted by Gasteiger charge is -2.38. The molecule has 0 aromatic heterocycles. The molecule has 0 fully saturated rings. The molecule has 12 heavy (non-hydrogen) atoms. The molecular weight excluding hydrogens is 148 g/mol. The summed E-state index contributed by atoms with van der Waals surface area (Å²) in [5.74, 6) is 0.495. The van der Waals surface area contributed by atoms with Gasteiger partial charge < -0.3 is 0 Å². The minimum absolute atomic E-state index is 0.0500. The number of rotatable bonds is 2. The first-order valence-electron chi connectivity index (χ1n) is 4.65. The van der Waals surface area contributed by atoms with Gasteiger partial charge in [0.25, 0.3) is 0 Å². The zero-order chi connectivity index (χ0) is 10.2. The van der Waals surface area contributed by atoms with Crippen LogP contribution in [0.3, 0.4) is 0 Å². The molecule has 0 bridgehead atoms. The van der Waals surface area contributed by atoms with Gasteiger partial charge in [-0.2, -0.15) is 0 Å². The zero-order valence-corrected chi connectivity index (χ0v) is 9.49. The SMILES string of the molecule is CC(C)C(=O)C(C)(C)C(C)(C)C. The molecule has 72 valence electrons. The standard InChI is InChI=1S/C11H22O/c1-8(2)9(12)11(6,7)10(3,4)5/h8H,1-7H3. The van der Waals surface area contributed by atoms with Gasteiger partial charge in [0.2, 0.25) is 0 Å². The maximum atomic E-state index is 11.8. The van der Waals surface area contributed by atoms with Crippen molar-refractivity contribution in [3.8, 4) is 0 Å². The van der Waals surface area contributed by atoms with Crippen molar-refractivity contribution in [2.45, 2.75) is 48.5 Å². The molecule has 0 amide bonds. The summed E-state index contributed by atoms with van der Waals surface area (Å²) in [5.41, 5.74) is -0.171. The zero-order valence-electron chi connectivity index (χ0n) is 9.49. The number of ketones is 1. The second-order valence-corrected chi connectivity index (χ2v) is 5.39. The van der Waals surface area contributed by atoms with E-state index < -0.39 is 0 Å². The lowest BCUT2D eigenvalue weighted by molar-refractivity contribution is -0.135. The summed E-state index contributed by atoms with van der Waals surface area (Å²) in [7, 11) is 0. The number of hydrogen-bond donors (Lipinski definition) is 0. The van der Waals surface area contributed by atoms with Crippen LogP contribution >= 0.6 is 0 Å². The maximum Gasteiger partial charge on any atom is 0.141 e. The van der Waals surface area contributed by atoms with Crippen LogP contribution in [0.4, 0.5) is 0 Å². The van der Waals surface area contributed by atoms with Crippen molar-refractivity contribution in [2.75, 3.05) is 0 Å². The van der Waals surface area contributed by atoms with E-state index in [1.807, 2.05) is 27.7 Å². The molecule has 0 unspecified atom stereocenters. The van der Waals surface area contributed by atoms with Crippen molar-refractivity contribution in [3.05, 3.63) is 0 Å². The van der Waals surface area contributed by atoms with Gasteiger partial charge in [0.15, 0.2) is 0 Å². The normalized spacial score (nSPS) is 13.7. The highest BCUT2D eigenvalue weighted by Gasteiger charge is 2.40. The monoisotopic (exact) mass is 170 g/mol. The molecule has 1 heteroatoms. The van der Waals surface area contributed by atoms with E-state index in [-0.39, 0.29) is 16.7 Å². The fourth-order valence-electron chi connectivity index (χ4n) is 1.09. The number of hydrogen-bond acceptors (Lipinski definition) is 1. The van der Waals surface area contributed by atoms with Crippen molar-refractivity contribution in [1.29, 1.82) is 0 Å². The van der Waals surface area contributed by atoms with Crippen LogP contribution in [0.2, 0.25) is 0 Å². The van der Waals surface area contributed by atoms with E-state index in [1.54, 1.807) is 0 Å². The van der Waals surface area contributed by atoms with E-state index in [4.69, 9.17) is 0 Å². The van der Waals surface area contributed by atoms with Crippen LogP contribution in [0, 0.1) is 16.7 Å². The lowest BCUT2D eigenvalue weighted by Crippen LogP contribution is -2.39. The fraction of sp³-hybridized carbons (Fsp3) is 0.909. The Morgan fingerprint density at radius 3 is 1.42 bits per heavy atom. The molecule has 0 N–H and O–H groups in total. The van der Waals surface area contributed by atoms with E-state index in [0.29, 0.717) is 5.78 Å². The number of carbonyl (C=O) groups is 1. The summed E-state index contributed by atoms with van der Waals surface area (Å²) in [5, 5.41) is 0. The molecule has 0 aromatic rings. The van der Waals surface area contributed by atoms with Gasteiger partial charge in [-0.15, -0.1) is 0 Å². The second kappa shape index (κ2) is 3.20. The molecule has 0 saturated heterocycles. The first-order valence-corrected chi connectivity index (χ1v) is 4.65. The van der Waals surface area contributed by atoms with E-state index in [9.17, 15) is 4.79 Å². The highest BCUT2D eigenvalue weighted by molar-refractivity contribution is 5.86. The Balaban J connectivity index is 4.74. The van der Waals surface area contributed by atoms with Crippen molar-refractivity contribution >= 4 is 5.78 Å². The van der Waals surface area contributed by atoms with Crippen molar-refractivity contribution in [1.82, 2.24) is 0 Å². The van der Waals surface area contributed by atoms with Crippen LogP contribution in [-0.2, 0) is 4.79 Å². The van der Waals surface area contributed by atoms with Gasteiger partial charge in [0.05, 0.1) is 0 Å². The Hall–Kier alpha value is -0.330. The molecule has 0 aliphatic rings. The molecule has 0 spiro atoms. The molecule has 0 rings (SSSR count). The minimum Gasteiger partial charge on any atom is -0.299 e. The van der Waals surface area contributed by atoms with Gasteiger partial charge in [-0.1, -0.05) is 48.5 Å². The summed E-state index contributed by atoms with van der Waals surface area (Å²) in [6.45, 7) is 14.4. The number of Topliss-reactive ketones (excluding diaryl/α,β-unsaturated/α-hetero) is 1. The summed E-state index contributed by atoms with van der Waals surface area (Å²) >= 11 is 0. The third kappa shape index (κ3) is 2.09. The van der Waals surface area contributed by atoms with Gasteiger partial charge in [0.1, 0.15) is 5.78 Å². The van der Waals surface area contributed by atoms with Crippen LogP contribution in [0.25, 0.3) is 0 Å². The molecule has 0 heterocycles. The molecule has 0 aliphatic carbocycles. The average Bonchev–Trinajstić information content (AvgIpc) is 1.83. The minimum atomic E-state index is -0.221. The van der Waals surface area contributed by atoms with Crippen LogP contribution < -0.4 is 0 Å².